The van der Waals surface area contributed by atoms with E-state index < -0.39 is 0 Å². The lowest BCUT2D eigenvalue weighted by Gasteiger charge is -2.14. The number of benzene rings is 3. The van der Waals surface area contributed by atoms with Crippen molar-refractivity contribution in [3.63, 3.8) is 0 Å². The fraction of sp³-hybridized carbons (Fsp3) is 0.136. The molecule has 0 amide bonds. The van der Waals surface area contributed by atoms with Gasteiger partial charge in [-0.1, -0.05) is 60.3 Å². The zero-order chi connectivity index (χ0) is 17.8. The smallest absolute Gasteiger partial charge is 0.339 e. The molecule has 3 rings (SSSR count). The Morgan fingerprint density at radius 3 is 2.20 bits per heavy atom. The van der Waals surface area contributed by atoms with E-state index in [0.717, 1.165) is 9.79 Å². The number of carbonyl (C=O) groups is 1. The Kier molecular flexibility index (Phi) is 5.25. The summed E-state index contributed by atoms with van der Waals surface area (Å²) < 4.78 is 4.92. The number of methoxy groups -OCH3 is 1. The van der Waals surface area contributed by atoms with Crippen molar-refractivity contribution in [1.29, 1.82) is 0 Å². The van der Waals surface area contributed by atoms with Crippen LogP contribution in [0.2, 0.25) is 0 Å². The monoisotopic (exact) mass is 348 g/mol. The van der Waals surface area contributed by atoms with E-state index in [0.29, 0.717) is 5.56 Å². The Morgan fingerprint density at radius 2 is 1.48 bits per heavy atom. The first-order valence-electron chi connectivity index (χ1n) is 8.12. The molecule has 0 fully saturated rings. The van der Waals surface area contributed by atoms with Crippen molar-refractivity contribution >= 4 is 17.7 Å². The molecule has 0 atom stereocenters. The summed E-state index contributed by atoms with van der Waals surface area (Å²) in [6.07, 6.45) is 0. The molecule has 0 N–H and O–H groups in total. The van der Waals surface area contributed by atoms with Gasteiger partial charge in [-0.05, 0) is 54.3 Å². The number of rotatable bonds is 4. The zero-order valence-corrected chi connectivity index (χ0v) is 15.4. The van der Waals surface area contributed by atoms with Crippen molar-refractivity contribution in [2.75, 3.05) is 7.11 Å². The summed E-state index contributed by atoms with van der Waals surface area (Å²) in [4.78, 5) is 14.1. The lowest BCUT2D eigenvalue weighted by Crippen LogP contribution is -2.02. The van der Waals surface area contributed by atoms with E-state index in [2.05, 4.69) is 38.1 Å². The second kappa shape index (κ2) is 7.58. The maximum atomic E-state index is 12.1. The van der Waals surface area contributed by atoms with Crippen LogP contribution in [0.5, 0.6) is 0 Å². The minimum Gasteiger partial charge on any atom is -0.465 e. The largest absolute Gasteiger partial charge is 0.465 e. The summed E-state index contributed by atoms with van der Waals surface area (Å²) in [6, 6.07) is 22.3. The highest BCUT2D eigenvalue weighted by Crippen LogP contribution is 2.39. The Morgan fingerprint density at radius 1 is 0.840 bits per heavy atom. The predicted molar refractivity (Wildman–Crippen MR) is 103 cm³/mol. The lowest BCUT2D eigenvalue weighted by atomic mass is 10.0. The fourth-order valence-electron chi connectivity index (χ4n) is 2.67. The van der Waals surface area contributed by atoms with Crippen LogP contribution in [-0.4, -0.2) is 13.1 Å². The van der Waals surface area contributed by atoms with E-state index in [1.165, 1.54) is 29.4 Å². The van der Waals surface area contributed by atoms with Crippen LogP contribution < -0.4 is 0 Å². The van der Waals surface area contributed by atoms with Crippen molar-refractivity contribution in [3.8, 4) is 11.1 Å². The average Bonchev–Trinajstić information content (AvgIpc) is 2.65. The second-order valence-corrected chi connectivity index (χ2v) is 6.97. The quantitative estimate of drug-likeness (QED) is 0.548. The van der Waals surface area contributed by atoms with Gasteiger partial charge >= 0.3 is 5.97 Å². The number of aryl methyl sites for hydroxylation is 2. The summed E-state index contributed by atoms with van der Waals surface area (Å²) in [7, 11) is 1.41. The second-order valence-electron chi connectivity index (χ2n) is 5.89. The Bertz CT molecular complexity index is 901. The van der Waals surface area contributed by atoms with Crippen LogP contribution in [0.4, 0.5) is 0 Å². The van der Waals surface area contributed by atoms with Gasteiger partial charge in [-0.2, -0.15) is 0 Å². The maximum Gasteiger partial charge on any atom is 0.339 e. The molecule has 0 bridgehead atoms. The molecule has 0 aliphatic rings. The van der Waals surface area contributed by atoms with Crippen molar-refractivity contribution in [2.45, 2.75) is 23.6 Å². The fourth-order valence-corrected chi connectivity index (χ4v) is 3.84. The number of hydrogen-bond acceptors (Lipinski definition) is 3. The third kappa shape index (κ3) is 3.77. The third-order valence-corrected chi connectivity index (χ3v) is 5.33. The van der Waals surface area contributed by atoms with Gasteiger partial charge in [0.05, 0.1) is 12.7 Å². The van der Waals surface area contributed by atoms with Gasteiger partial charge in [-0.25, -0.2) is 4.79 Å². The molecule has 0 spiro atoms. The summed E-state index contributed by atoms with van der Waals surface area (Å²) in [5.74, 6) is -0.312. The molecule has 0 aromatic heterocycles. The highest BCUT2D eigenvalue weighted by atomic mass is 32.2. The maximum absolute atomic E-state index is 12.1. The third-order valence-electron chi connectivity index (χ3n) is 4.19. The van der Waals surface area contributed by atoms with Gasteiger partial charge < -0.3 is 4.74 Å². The molecule has 0 heterocycles. The molecular formula is C22H20O2S. The summed E-state index contributed by atoms with van der Waals surface area (Å²) in [6.45, 7) is 4.24. The van der Waals surface area contributed by atoms with Gasteiger partial charge in [0.25, 0.3) is 0 Å². The molecule has 0 saturated heterocycles. The molecule has 0 saturated carbocycles. The summed E-state index contributed by atoms with van der Waals surface area (Å²) in [5.41, 5.74) is 5.42. The van der Waals surface area contributed by atoms with Gasteiger partial charge in [0, 0.05) is 9.79 Å². The van der Waals surface area contributed by atoms with Crippen LogP contribution in [0.1, 0.15) is 21.5 Å². The van der Waals surface area contributed by atoms with E-state index in [1.807, 2.05) is 36.4 Å². The first-order valence-corrected chi connectivity index (χ1v) is 8.93. The number of hydrogen-bond donors (Lipinski definition) is 0. The van der Waals surface area contributed by atoms with Gasteiger partial charge in [-0.3, -0.25) is 0 Å². The Hall–Kier alpha value is -2.52. The summed E-state index contributed by atoms with van der Waals surface area (Å²) >= 11 is 1.60. The highest BCUT2D eigenvalue weighted by Gasteiger charge is 2.15. The van der Waals surface area contributed by atoms with Gasteiger partial charge in [0.15, 0.2) is 0 Å². The number of carbonyl (C=O) groups excluding carboxylic acids is 1. The number of ether oxygens (including phenoxy) is 1. The minimum absolute atomic E-state index is 0.312. The Balaban J connectivity index is 2.10. The van der Waals surface area contributed by atoms with Crippen molar-refractivity contribution in [1.82, 2.24) is 0 Å². The van der Waals surface area contributed by atoms with Crippen LogP contribution in [0.3, 0.4) is 0 Å². The first-order chi connectivity index (χ1) is 12.1. The van der Waals surface area contributed by atoms with Crippen LogP contribution in [0.15, 0.2) is 76.5 Å². The van der Waals surface area contributed by atoms with Crippen LogP contribution in [-0.2, 0) is 4.74 Å². The topological polar surface area (TPSA) is 26.3 Å². The number of esters is 1. The molecule has 0 radical (unpaired) electrons. The normalized spacial score (nSPS) is 10.5. The van der Waals surface area contributed by atoms with Crippen LogP contribution >= 0.6 is 11.8 Å². The van der Waals surface area contributed by atoms with E-state index in [1.54, 1.807) is 17.8 Å². The molecule has 3 aromatic carbocycles. The first kappa shape index (κ1) is 17.3. The standard InChI is InChI=1S/C22H20O2S/c1-15-13-19(17-9-5-4-6-10-17)21(14-16(15)2)25-20-12-8-7-11-18(20)22(23)24-3/h4-14H,1-3H3. The zero-order valence-electron chi connectivity index (χ0n) is 14.6. The van der Waals surface area contributed by atoms with Crippen molar-refractivity contribution in [2.24, 2.45) is 0 Å². The molecule has 0 unspecified atom stereocenters. The molecular weight excluding hydrogens is 328 g/mol. The molecule has 25 heavy (non-hydrogen) atoms. The molecule has 0 aliphatic carbocycles. The van der Waals surface area contributed by atoms with Gasteiger partial charge in [0.2, 0.25) is 0 Å². The average molecular weight is 348 g/mol. The van der Waals surface area contributed by atoms with E-state index >= 15 is 0 Å². The SMILES string of the molecule is COC(=O)c1ccccc1Sc1cc(C)c(C)cc1-c1ccccc1. The molecule has 2 nitrogen and oxygen atoms in total. The van der Waals surface area contributed by atoms with E-state index in [4.69, 9.17) is 4.74 Å². The summed E-state index contributed by atoms with van der Waals surface area (Å²) in [5, 5.41) is 0. The Labute approximate surface area is 152 Å². The van der Waals surface area contributed by atoms with Gasteiger partial charge in [0.1, 0.15) is 0 Å². The van der Waals surface area contributed by atoms with E-state index in [-0.39, 0.29) is 5.97 Å². The molecule has 126 valence electrons. The molecule has 0 aliphatic heterocycles. The van der Waals surface area contributed by atoms with Crippen LogP contribution in [0, 0.1) is 13.8 Å². The van der Waals surface area contributed by atoms with E-state index in [9.17, 15) is 4.79 Å². The van der Waals surface area contributed by atoms with Gasteiger partial charge in [-0.15, -0.1) is 0 Å². The highest BCUT2D eigenvalue weighted by molar-refractivity contribution is 7.99. The van der Waals surface area contributed by atoms with Crippen molar-refractivity contribution < 1.29 is 9.53 Å². The van der Waals surface area contributed by atoms with Crippen LogP contribution in [0.25, 0.3) is 11.1 Å². The molecule has 3 aromatic rings. The molecule has 3 heteroatoms. The predicted octanol–water partition coefficient (Wildman–Crippen LogP) is 5.91. The minimum atomic E-state index is -0.312. The van der Waals surface area contributed by atoms with Crippen molar-refractivity contribution in [3.05, 3.63) is 83.4 Å². The lowest BCUT2D eigenvalue weighted by molar-refractivity contribution is 0.0597.